The molecule has 0 amide bonds. The second-order valence-corrected chi connectivity index (χ2v) is 9.40. The van der Waals surface area contributed by atoms with E-state index in [9.17, 15) is 0 Å². The number of nitrogens with two attached hydrogens (primary N) is 1. The van der Waals surface area contributed by atoms with Crippen LogP contribution < -0.4 is 5.73 Å². The zero-order valence-corrected chi connectivity index (χ0v) is 16.3. The van der Waals surface area contributed by atoms with Gasteiger partial charge in [-0.05, 0) is 58.7 Å². The van der Waals surface area contributed by atoms with Crippen LogP contribution in [0.25, 0.3) is 19.5 Å². The molecule has 0 saturated heterocycles. The van der Waals surface area contributed by atoms with Crippen LogP contribution >= 0.6 is 62.3 Å². The minimum absolute atomic E-state index is 0. The van der Waals surface area contributed by atoms with Crippen molar-refractivity contribution in [1.29, 1.82) is 0 Å². The van der Waals surface area contributed by atoms with E-state index in [-0.39, 0.29) is 25.1 Å². The van der Waals surface area contributed by atoms with E-state index in [1.807, 2.05) is 11.3 Å². The first-order valence-electron chi connectivity index (χ1n) is 6.47. The van der Waals surface area contributed by atoms with Crippen molar-refractivity contribution in [2.24, 2.45) is 5.73 Å². The van der Waals surface area contributed by atoms with E-state index in [1.54, 1.807) is 22.7 Å². The molecule has 0 radical (unpaired) electrons. The van der Waals surface area contributed by atoms with Crippen molar-refractivity contribution in [2.45, 2.75) is 12.5 Å². The quantitative estimate of drug-likeness (QED) is 0.573. The number of rotatable bonds is 5. The van der Waals surface area contributed by atoms with Gasteiger partial charge in [0.15, 0.2) is 0 Å². The fourth-order valence-electron chi connectivity index (χ4n) is 1.99. The molecule has 2 nitrogen and oxygen atoms in total. The smallest absolute Gasteiger partial charge is 0.0705 e. The van der Waals surface area contributed by atoms with Crippen molar-refractivity contribution < 1.29 is 5.11 Å². The minimum Gasteiger partial charge on any atom is -0.395 e. The van der Waals surface area contributed by atoms with Crippen LogP contribution in [0.2, 0.25) is 0 Å². The van der Waals surface area contributed by atoms with Crippen LogP contribution in [-0.4, -0.2) is 17.8 Å². The van der Waals surface area contributed by atoms with Gasteiger partial charge >= 0.3 is 0 Å². The maximum atomic E-state index is 9.03. The molecule has 0 aliphatic rings. The monoisotopic (exact) mass is 435 g/mol. The molecule has 3 aromatic heterocycles. The third-order valence-electron chi connectivity index (χ3n) is 3.02. The first kappa shape index (κ1) is 18.1. The largest absolute Gasteiger partial charge is 0.395 e. The fraction of sp³-hybridized carbons (Fsp3) is 0.200. The lowest BCUT2D eigenvalue weighted by atomic mass is 10.2. The van der Waals surface area contributed by atoms with Gasteiger partial charge in [0.1, 0.15) is 0 Å². The highest BCUT2D eigenvalue weighted by molar-refractivity contribution is 9.11. The van der Waals surface area contributed by atoms with Gasteiger partial charge in [-0.15, -0.1) is 46.4 Å². The Morgan fingerprint density at radius 2 is 1.45 bits per heavy atom. The van der Waals surface area contributed by atoms with Crippen LogP contribution in [0, 0.1) is 0 Å². The van der Waals surface area contributed by atoms with Crippen molar-refractivity contribution in [3.8, 4) is 19.5 Å². The van der Waals surface area contributed by atoms with Crippen LogP contribution in [0.1, 0.15) is 4.88 Å². The van der Waals surface area contributed by atoms with Gasteiger partial charge in [0.05, 0.1) is 10.4 Å². The number of halogens is 2. The first-order chi connectivity index (χ1) is 10.2. The average molecular weight is 437 g/mol. The molecule has 118 valence electrons. The second-order valence-electron chi connectivity index (χ2n) is 4.68. The van der Waals surface area contributed by atoms with Crippen molar-refractivity contribution in [1.82, 2.24) is 0 Å². The van der Waals surface area contributed by atoms with E-state index in [0.717, 1.165) is 10.2 Å². The molecule has 0 fully saturated rings. The second kappa shape index (κ2) is 8.06. The Bertz CT molecular complexity index is 737. The molecule has 0 aliphatic carbocycles. The molecule has 3 N–H and O–H groups in total. The lowest BCUT2D eigenvalue weighted by Crippen LogP contribution is -2.26. The van der Waals surface area contributed by atoms with Crippen molar-refractivity contribution >= 4 is 62.3 Å². The SMILES string of the molecule is Cl.NC(CO)Cc1ccc(-c2ccc(-c3ccc(Br)s3)s2)s1. The van der Waals surface area contributed by atoms with Gasteiger partial charge in [0, 0.05) is 30.4 Å². The van der Waals surface area contributed by atoms with Gasteiger partial charge in [-0.2, -0.15) is 0 Å². The fourth-order valence-corrected chi connectivity index (χ4v) is 5.67. The number of hydrogen-bond acceptors (Lipinski definition) is 5. The first-order valence-corrected chi connectivity index (χ1v) is 9.71. The molecule has 22 heavy (non-hydrogen) atoms. The van der Waals surface area contributed by atoms with E-state index >= 15 is 0 Å². The standard InChI is InChI=1S/C15H14BrNOS3.ClH/c16-15-6-5-14(21-15)13-4-3-12(20-13)11-2-1-10(19-11)7-9(17)8-18;/h1-6,9,18H,7-8,17H2;1H. The molecule has 0 spiro atoms. The number of aliphatic hydroxyl groups is 1. The summed E-state index contributed by atoms with van der Waals surface area (Å²) in [5, 5.41) is 9.03. The third kappa shape index (κ3) is 4.20. The van der Waals surface area contributed by atoms with Gasteiger partial charge in [0.2, 0.25) is 0 Å². The van der Waals surface area contributed by atoms with Crippen LogP contribution in [0.15, 0.2) is 40.2 Å². The normalized spacial score (nSPS) is 12.1. The summed E-state index contributed by atoms with van der Waals surface area (Å²) in [5.74, 6) is 0. The summed E-state index contributed by atoms with van der Waals surface area (Å²) in [7, 11) is 0. The molecule has 3 aromatic rings. The zero-order chi connectivity index (χ0) is 14.8. The van der Waals surface area contributed by atoms with Crippen LogP contribution in [0.4, 0.5) is 0 Å². The molecule has 0 aliphatic heterocycles. The van der Waals surface area contributed by atoms with Gasteiger partial charge in [-0.1, -0.05) is 0 Å². The molecular weight excluding hydrogens is 422 g/mol. The summed E-state index contributed by atoms with van der Waals surface area (Å²) in [6.07, 6.45) is 0.733. The zero-order valence-electron chi connectivity index (χ0n) is 11.5. The Kier molecular flexibility index (Phi) is 6.64. The van der Waals surface area contributed by atoms with Gasteiger partial charge in [0.25, 0.3) is 0 Å². The molecule has 0 aromatic carbocycles. The number of hydrogen-bond donors (Lipinski definition) is 2. The highest BCUT2D eigenvalue weighted by Crippen LogP contribution is 2.40. The highest BCUT2D eigenvalue weighted by Gasteiger charge is 2.10. The molecular formula is C15H15BrClNOS3. The van der Waals surface area contributed by atoms with Crippen molar-refractivity contribution in [2.75, 3.05) is 6.61 Å². The Morgan fingerprint density at radius 1 is 0.909 bits per heavy atom. The Labute approximate surface area is 156 Å². The lowest BCUT2D eigenvalue weighted by molar-refractivity contribution is 0.266. The van der Waals surface area contributed by atoms with E-state index in [1.165, 1.54) is 24.4 Å². The molecule has 3 heterocycles. The van der Waals surface area contributed by atoms with Gasteiger partial charge in [-0.3, -0.25) is 0 Å². The van der Waals surface area contributed by atoms with Crippen LogP contribution in [0.5, 0.6) is 0 Å². The van der Waals surface area contributed by atoms with Gasteiger partial charge in [-0.25, -0.2) is 0 Å². The summed E-state index contributed by atoms with van der Waals surface area (Å²) in [5.41, 5.74) is 5.79. The number of aliphatic hydroxyl groups excluding tert-OH is 1. The summed E-state index contributed by atoms with van der Waals surface area (Å²) in [6.45, 7) is 0.0314. The molecule has 7 heteroatoms. The molecule has 1 unspecified atom stereocenters. The van der Waals surface area contributed by atoms with Crippen molar-refractivity contribution in [3.63, 3.8) is 0 Å². The van der Waals surface area contributed by atoms with E-state index in [2.05, 4.69) is 52.3 Å². The Balaban J connectivity index is 0.00000176. The van der Waals surface area contributed by atoms with Gasteiger partial charge < -0.3 is 10.8 Å². The third-order valence-corrected chi connectivity index (χ3v) is 7.23. The number of thiophene rings is 3. The predicted molar refractivity (Wildman–Crippen MR) is 105 cm³/mol. The molecule has 0 bridgehead atoms. The van der Waals surface area contributed by atoms with Crippen LogP contribution in [0.3, 0.4) is 0 Å². The predicted octanol–water partition coefficient (Wildman–Crippen LogP) is 5.25. The molecule has 0 saturated carbocycles. The average Bonchev–Trinajstić information content (AvgIpc) is 3.17. The summed E-state index contributed by atoms with van der Waals surface area (Å²) in [4.78, 5) is 6.35. The maximum Gasteiger partial charge on any atom is 0.0705 e. The van der Waals surface area contributed by atoms with E-state index < -0.39 is 0 Å². The van der Waals surface area contributed by atoms with Crippen molar-refractivity contribution in [3.05, 3.63) is 45.1 Å². The lowest BCUT2D eigenvalue weighted by Gasteiger charge is -2.04. The van der Waals surface area contributed by atoms with E-state index in [0.29, 0.717) is 0 Å². The molecule has 3 rings (SSSR count). The summed E-state index contributed by atoms with van der Waals surface area (Å²) >= 11 is 8.83. The molecule has 1 atom stereocenters. The summed E-state index contributed by atoms with van der Waals surface area (Å²) < 4.78 is 1.16. The minimum atomic E-state index is -0.168. The topological polar surface area (TPSA) is 46.2 Å². The summed E-state index contributed by atoms with van der Waals surface area (Å²) in [6, 6.07) is 12.7. The Morgan fingerprint density at radius 3 is 2.05 bits per heavy atom. The van der Waals surface area contributed by atoms with E-state index in [4.69, 9.17) is 10.8 Å². The van der Waals surface area contributed by atoms with Crippen LogP contribution in [-0.2, 0) is 6.42 Å². The highest BCUT2D eigenvalue weighted by atomic mass is 79.9. The maximum absolute atomic E-state index is 9.03. The Hall–Kier alpha value is -0.210.